The Hall–Kier alpha value is -1.42. The smallest absolute Gasteiger partial charge is 0.254 e. The Morgan fingerprint density at radius 3 is 2.79 bits per heavy atom. The lowest BCUT2D eigenvalue weighted by atomic mass is 10.0. The summed E-state index contributed by atoms with van der Waals surface area (Å²) < 4.78 is 13.7. The molecule has 0 radical (unpaired) electrons. The Labute approximate surface area is 112 Å². The van der Waals surface area contributed by atoms with E-state index in [4.69, 9.17) is 0 Å². The summed E-state index contributed by atoms with van der Waals surface area (Å²) in [7, 11) is 0. The Morgan fingerprint density at radius 2 is 2.05 bits per heavy atom. The van der Waals surface area contributed by atoms with Crippen molar-refractivity contribution in [1.82, 2.24) is 5.32 Å². The second-order valence-corrected chi connectivity index (χ2v) is 5.27. The minimum Gasteiger partial charge on any atom is -0.391 e. The van der Waals surface area contributed by atoms with Crippen molar-refractivity contribution in [2.24, 2.45) is 0 Å². The van der Waals surface area contributed by atoms with Gasteiger partial charge in [-0.1, -0.05) is 25.3 Å². The van der Waals surface area contributed by atoms with Crippen molar-refractivity contribution in [3.63, 3.8) is 0 Å². The van der Waals surface area contributed by atoms with Crippen LogP contribution in [0.2, 0.25) is 0 Å². The Balaban J connectivity index is 2.07. The lowest BCUT2D eigenvalue weighted by molar-refractivity contribution is 0.0815. The monoisotopic (exact) mass is 265 g/mol. The molecule has 1 aliphatic carbocycles. The summed E-state index contributed by atoms with van der Waals surface area (Å²) in [5.74, 6) is -0.955. The van der Waals surface area contributed by atoms with Crippen LogP contribution in [0.4, 0.5) is 4.39 Å². The average molecular weight is 265 g/mol. The first-order chi connectivity index (χ1) is 9.08. The highest BCUT2D eigenvalue weighted by atomic mass is 19.1. The van der Waals surface area contributed by atoms with Crippen molar-refractivity contribution in [3.05, 3.63) is 35.1 Å². The molecule has 2 atom stereocenters. The number of nitrogens with one attached hydrogen (secondary N) is 1. The van der Waals surface area contributed by atoms with Crippen LogP contribution in [-0.4, -0.2) is 23.2 Å². The minimum absolute atomic E-state index is 0.0436. The third kappa shape index (κ3) is 3.53. The summed E-state index contributed by atoms with van der Waals surface area (Å²) in [6.07, 6.45) is 3.95. The molecule has 1 aromatic carbocycles. The second-order valence-electron chi connectivity index (χ2n) is 5.27. The molecule has 1 saturated carbocycles. The highest BCUT2D eigenvalue weighted by Gasteiger charge is 2.24. The van der Waals surface area contributed by atoms with E-state index in [1.54, 1.807) is 13.0 Å². The van der Waals surface area contributed by atoms with Crippen LogP contribution in [0.25, 0.3) is 0 Å². The first-order valence-electron chi connectivity index (χ1n) is 6.83. The van der Waals surface area contributed by atoms with Gasteiger partial charge in [-0.2, -0.15) is 0 Å². The SMILES string of the molecule is Cc1ccc(C(=O)NC2CCCCCC2O)c(F)c1. The highest BCUT2D eigenvalue weighted by molar-refractivity contribution is 5.94. The first-order valence-corrected chi connectivity index (χ1v) is 6.83. The maximum Gasteiger partial charge on any atom is 0.254 e. The maximum absolute atomic E-state index is 13.7. The molecule has 19 heavy (non-hydrogen) atoms. The predicted molar refractivity (Wildman–Crippen MR) is 71.5 cm³/mol. The van der Waals surface area contributed by atoms with Gasteiger partial charge in [0.05, 0.1) is 17.7 Å². The molecule has 4 heteroatoms. The largest absolute Gasteiger partial charge is 0.391 e. The predicted octanol–water partition coefficient (Wildman–Crippen LogP) is 2.56. The van der Waals surface area contributed by atoms with Gasteiger partial charge >= 0.3 is 0 Å². The normalized spacial score (nSPS) is 23.7. The molecular formula is C15H20FNO2. The van der Waals surface area contributed by atoms with Crippen LogP contribution in [0.15, 0.2) is 18.2 Å². The zero-order valence-electron chi connectivity index (χ0n) is 11.2. The van der Waals surface area contributed by atoms with Gasteiger partial charge in [-0.05, 0) is 37.5 Å². The third-order valence-corrected chi connectivity index (χ3v) is 3.67. The number of hydrogen-bond donors (Lipinski definition) is 2. The lowest BCUT2D eigenvalue weighted by Crippen LogP contribution is -2.42. The van der Waals surface area contributed by atoms with Gasteiger partial charge in [0.2, 0.25) is 0 Å². The fraction of sp³-hybridized carbons (Fsp3) is 0.533. The van der Waals surface area contributed by atoms with Gasteiger partial charge in [-0.3, -0.25) is 4.79 Å². The number of carbonyl (C=O) groups is 1. The quantitative estimate of drug-likeness (QED) is 0.807. The van der Waals surface area contributed by atoms with Crippen LogP contribution in [-0.2, 0) is 0 Å². The number of aliphatic hydroxyl groups excluding tert-OH is 1. The number of benzene rings is 1. The summed E-state index contributed by atoms with van der Waals surface area (Å²) in [5.41, 5.74) is 0.825. The fourth-order valence-corrected chi connectivity index (χ4v) is 2.51. The molecule has 3 nitrogen and oxygen atoms in total. The minimum atomic E-state index is -0.528. The standard InChI is InChI=1S/C15H20FNO2/c1-10-7-8-11(12(16)9-10)15(19)17-13-5-3-2-4-6-14(13)18/h7-9,13-14,18H,2-6H2,1H3,(H,17,19). The number of aliphatic hydroxyl groups is 1. The summed E-state index contributed by atoms with van der Waals surface area (Å²) >= 11 is 0. The van der Waals surface area contributed by atoms with Crippen molar-refractivity contribution in [1.29, 1.82) is 0 Å². The molecule has 0 aromatic heterocycles. The molecule has 0 saturated heterocycles. The number of hydrogen-bond acceptors (Lipinski definition) is 2. The molecule has 1 aromatic rings. The van der Waals surface area contributed by atoms with E-state index < -0.39 is 17.8 Å². The number of rotatable bonds is 2. The Bertz CT molecular complexity index is 461. The van der Waals surface area contributed by atoms with Gasteiger partial charge in [0.1, 0.15) is 5.82 Å². The Morgan fingerprint density at radius 1 is 1.32 bits per heavy atom. The van der Waals surface area contributed by atoms with E-state index in [0.29, 0.717) is 6.42 Å². The van der Waals surface area contributed by atoms with E-state index in [1.165, 1.54) is 12.1 Å². The van der Waals surface area contributed by atoms with E-state index in [1.807, 2.05) is 0 Å². The van der Waals surface area contributed by atoms with Gasteiger partial charge < -0.3 is 10.4 Å². The number of amides is 1. The number of aryl methyl sites for hydroxylation is 1. The zero-order chi connectivity index (χ0) is 13.8. The van der Waals surface area contributed by atoms with Gasteiger partial charge in [0.15, 0.2) is 0 Å². The lowest BCUT2D eigenvalue weighted by Gasteiger charge is -2.21. The number of halogens is 1. The molecule has 0 bridgehead atoms. The van der Waals surface area contributed by atoms with Crippen LogP contribution < -0.4 is 5.32 Å². The summed E-state index contributed by atoms with van der Waals surface area (Å²) in [6.45, 7) is 1.78. The molecule has 1 amide bonds. The van der Waals surface area contributed by atoms with Gasteiger partial charge in [-0.25, -0.2) is 4.39 Å². The summed E-state index contributed by atoms with van der Waals surface area (Å²) in [5, 5.41) is 12.7. The zero-order valence-corrected chi connectivity index (χ0v) is 11.2. The fourth-order valence-electron chi connectivity index (χ4n) is 2.51. The van der Waals surface area contributed by atoms with E-state index in [2.05, 4.69) is 5.32 Å². The maximum atomic E-state index is 13.7. The van der Waals surface area contributed by atoms with Crippen LogP contribution in [0.3, 0.4) is 0 Å². The van der Waals surface area contributed by atoms with Crippen LogP contribution in [0, 0.1) is 12.7 Å². The Kier molecular flexibility index (Phi) is 4.53. The van der Waals surface area contributed by atoms with Crippen molar-refractivity contribution < 1.29 is 14.3 Å². The molecular weight excluding hydrogens is 245 g/mol. The van der Waals surface area contributed by atoms with E-state index >= 15 is 0 Å². The van der Waals surface area contributed by atoms with E-state index in [9.17, 15) is 14.3 Å². The third-order valence-electron chi connectivity index (χ3n) is 3.67. The van der Waals surface area contributed by atoms with Crippen molar-refractivity contribution in [2.75, 3.05) is 0 Å². The average Bonchev–Trinajstić information content (AvgIpc) is 2.55. The van der Waals surface area contributed by atoms with Gasteiger partial charge in [0, 0.05) is 0 Å². The van der Waals surface area contributed by atoms with Crippen molar-refractivity contribution in [2.45, 2.75) is 51.2 Å². The van der Waals surface area contributed by atoms with Crippen LogP contribution in [0.5, 0.6) is 0 Å². The second kappa shape index (κ2) is 6.15. The molecule has 0 heterocycles. The molecule has 1 aliphatic rings. The van der Waals surface area contributed by atoms with E-state index in [-0.39, 0.29) is 11.6 Å². The van der Waals surface area contributed by atoms with Crippen molar-refractivity contribution in [3.8, 4) is 0 Å². The summed E-state index contributed by atoms with van der Waals surface area (Å²) in [6, 6.07) is 4.28. The van der Waals surface area contributed by atoms with Crippen LogP contribution >= 0.6 is 0 Å². The molecule has 0 aliphatic heterocycles. The number of carbonyl (C=O) groups excluding carboxylic acids is 1. The first kappa shape index (κ1) is 14.0. The summed E-state index contributed by atoms with van der Waals surface area (Å²) in [4.78, 5) is 12.0. The molecule has 0 spiro atoms. The topological polar surface area (TPSA) is 49.3 Å². The van der Waals surface area contributed by atoms with Gasteiger partial charge in [-0.15, -0.1) is 0 Å². The van der Waals surface area contributed by atoms with Crippen molar-refractivity contribution >= 4 is 5.91 Å². The molecule has 104 valence electrons. The molecule has 2 N–H and O–H groups in total. The molecule has 2 unspecified atom stereocenters. The van der Waals surface area contributed by atoms with E-state index in [0.717, 1.165) is 31.2 Å². The molecule has 1 fully saturated rings. The molecule has 2 rings (SSSR count). The van der Waals surface area contributed by atoms with Gasteiger partial charge in [0.25, 0.3) is 5.91 Å². The van der Waals surface area contributed by atoms with Crippen LogP contribution in [0.1, 0.15) is 48.0 Å². The highest BCUT2D eigenvalue weighted by Crippen LogP contribution is 2.19.